The largest absolute Gasteiger partial charge is 0.465 e. The van der Waals surface area contributed by atoms with Gasteiger partial charge in [0.2, 0.25) is 0 Å². The van der Waals surface area contributed by atoms with Crippen LogP contribution >= 0.6 is 0 Å². The van der Waals surface area contributed by atoms with Crippen LogP contribution in [-0.4, -0.2) is 37.6 Å². The number of furan rings is 1. The van der Waals surface area contributed by atoms with Crippen LogP contribution in [0.2, 0.25) is 0 Å². The summed E-state index contributed by atoms with van der Waals surface area (Å²) in [7, 11) is 0. The Balaban J connectivity index is 1.51. The number of nitrogens with zero attached hydrogens (tertiary/aromatic N) is 1. The van der Waals surface area contributed by atoms with Crippen LogP contribution in [-0.2, 0) is 0 Å². The minimum absolute atomic E-state index is 0.911. The molecule has 0 spiro atoms. The van der Waals surface area contributed by atoms with Crippen LogP contribution < -0.4 is 5.32 Å². The fraction of sp³-hybridized carbons (Fsp3) is 0.538. The molecule has 1 aromatic heterocycles. The molecule has 2 rings (SSSR count). The Labute approximate surface area is 97.1 Å². The lowest BCUT2D eigenvalue weighted by Crippen LogP contribution is -2.29. The Hall–Kier alpha value is -1.06. The molecule has 88 valence electrons. The smallest absolute Gasteiger partial charge is 0.126 e. The summed E-state index contributed by atoms with van der Waals surface area (Å²) >= 11 is 0. The molecule has 1 aliphatic heterocycles. The summed E-state index contributed by atoms with van der Waals surface area (Å²) in [5.74, 6) is 0.918. The molecule has 2 heterocycles. The average Bonchev–Trinajstić information content (AvgIpc) is 2.96. The quantitative estimate of drug-likeness (QED) is 0.743. The van der Waals surface area contributed by atoms with Gasteiger partial charge in [0, 0.05) is 19.6 Å². The fourth-order valence-corrected chi connectivity index (χ4v) is 1.99. The molecule has 0 radical (unpaired) electrons. The van der Waals surface area contributed by atoms with Crippen molar-refractivity contribution in [2.75, 3.05) is 32.7 Å². The van der Waals surface area contributed by atoms with Gasteiger partial charge in [0.25, 0.3) is 0 Å². The summed E-state index contributed by atoms with van der Waals surface area (Å²) in [5.41, 5.74) is 0. The first-order valence-electron chi connectivity index (χ1n) is 6.08. The Morgan fingerprint density at radius 1 is 1.38 bits per heavy atom. The first-order chi connectivity index (χ1) is 7.95. The molecule has 0 atom stereocenters. The van der Waals surface area contributed by atoms with Crippen LogP contribution in [0.15, 0.2) is 28.9 Å². The monoisotopic (exact) mass is 220 g/mol. The molecule has 1 N–H and O–H groups in total. The summed E-state index contributed by atoms with van der Waals surface area (Å²) < 4.78 is 5.20. The molecule has 0 unspecified atom stereocenters. The second kappa shape index (κ2) is 6.51. The third-order valence-corrected chi connectivity index (χ3v) is 2.89. The lowest BCUT2D eigenvalue weighted by molar-refractivity contribution is 0.338. The van der Waals surface area contributed by atoms with Crippen LogP contribution in [0.1, 0.15) is 18.6 Å². The zero-order valence-electron chi connectivity index (χ0n) is 9.69. The lowest BCUT2D eigenvalue weighted by atomic mass is 10.4. The van der Waals surface area contributed by atoms with E-state index in [4.69, 9.17) is 4.42 Å². The number of likely N-dealkylation sites (tertiary alicyclic amines) is 1. The van der Waals surface area contributed by atoms with Crippen LogP contribution in [0.5, 0.6) is 0 Å². The molecule has 1 aliphatic rings. The lowest BCUT2D eigenvalue weighted by Gasteiger charge is -2.13. The van der Waals surface area contributed by atoms with Gasteiger partial charge >= 0.3 is 0 Å². The zero-order chi connectivity index (χ0) is 11.1. The maximum Gasteiger partial charge on any atom is 0.126 e. The van der Waals surface area contributed by atoms with Gasteiger partial charge in [-0.1, -0.05) is 6.08 Å². The summed E-state index contributed by atoms with van der Waals surface area (Å²) in [4.78, 5) is 2.52. The summed E-state index contributed by atoms with van der Waals surface area (Å²) in [5, 5.41) is 3.40. The molecule has 0 aromatic carbocycles. The molecule has 16 heavy (non-hydrogen) atoms. The van der Waals surface area contributed by atoms with Gasteiger partial charge in [-0.05, 0) is 44.1 Å². The van der Waals surface area contributed by atoms with Gasteiger partial charge in [-0.2, -0.15) is 0 Å². The third-order valence-electron chi connectivity index (χ3n) is 2.89. The van der Waals surface area contributed by atoms with E-state index in [1.165, 1.54) is 32.5 Å². The second-order valence-corrected chi connectivity index (χ2v) is 4.17. The van der Waals surface area contributed by atoms with Crippen molar-refractivity contribution in [3.8, 4) is 0 Å². The van der Waals surface area contributed by atoms with Crippen molar-refractivity contribution in [3.63, 3.8) is 0 Å². The van der Waals surface area contributed by atoms with Crippen molar-refractivity contribution >= 4 is 6.08 Å². The summed E-state index contributed by atoms with van der Waals surface area (Å²) in [6.45, 7) is 5.72. The highest BCUT2D eigenvalue weighted by molar-refractivity contribution is 5.42. The van der Waals surface area contributed by atoms with E-state index in [1.807, 2.05) is 18.2 Å². The van der Waals surface area contributed by atoms with Gasteiger partial charge in [0.05, 0.1) is 6.26 Å². The van der Waals surface area contributed by atoms with Gasteiger partial charge < -0.3 is 14.6 Å². The topological polar surface area (TPSA) is 28.4 Å². The maximum atomic E-state index is 5.20. The average molecular weight is 220 g/mol. The summed E-state index contributed by atoms with van der Waals surface area (Å²) in [6.07, 6.45) is 8.54. The van der Waals surface area contributed by atoms with E-state index in [0.29, 0.717) is 0 Å². The van der Waals surface area contributed by atoms with Gasteiger partial charge in [-0.15, -0.1) is 0 Å². The minimum atomic E-state index is 0.911. The van der Waals surface area contributed by atoms with Crippen molar-refractivity contribution in [2.45, 2.75) is 12.8 Å². The fourth-order valence-electron chi connectivity index (χ4n) is 1.99. The standard InChI is InChI=1S/C13H20N2O/c1-2-10-15(9-1)11-8-14-7-3-5-13-6-4-12-16-13/h3-6,12,14H,1-2,7-11H2/b5-3+. The number of rotatable bonds is 6. The van der Waals surface area contributed by atoms with E-state index in [2.05, 4.69) is 16.3 Å². The molecular weight excluding hydrogens is 200 g/mol. The maximum absolute atomic E-state index is 5.20. The second-order valence-electron chi connectivity index (χ2n) is 4.17. The highest BCUT2D eigenvalue weighted by Gasteiger charge is 2.09. The highest BCUT2D eigenvalue weighted by atomic mass is 16.3. The predicted molar refractivity (Wildman–Crippen MR) is 66.3 cm³/mol. The molecule has 1 saturated heterocycles. The Morgan fingerprint density at radius 2 is 2.25 bits per heavy atom. The van der Waals surface area contributed by atoms with E-state index in [9.17, 15) is 0 Å². The van der Waals surface area contributed by atoms with Crippen molar-refractivity contribution in [1.29, 1.82) is 0 Å². The van der Waals surface area contributed by atoms with Crippen molar-refractivity contribution in [2.24, 2.45) is 0 Å². The first-order valence-corrected chi connectivity index (χ1v) is 6.08. The van der Waals surface area contributed by atoms with Gasteiger partial charge in [-0.3, -0.25) is 0 Å². The van der Waals surface area contributed by atoms with E-state index < -0.39 is 0 Å². The molecule has 1 fully saturated rings. The Bertz CT molecular complexity index is 300. The van der Waals surface area contributed by atoms with E-state index in [1.54, 1.807) is 6.26 Å². The number of hydrogen-bond acceptors (Lipinski definition) is 3. The molecule has 0 amide bonds. The zero-order valence-corrected chi connectivity index (χ0v) is 9.69. The first kappa shape index (κ1) is 11.4. The molecule has 0 bridgehead atoms. The number of hydrogen-bond donors (Lipinski definition) is 1. The predicted octanol–water partition coefficient (Wildman–Crippen LogP) is 1.98. The summed E-state index contributed by atoms with van der Waals surface area (Å²) in [6, 6.07) is 3.86. The van der Waals surface area contributed by atoms with E-state index >= 15 is 0 Å². The van der Waals surface area contributed by atoms with Crippen molar-refractivity contribution in [3.05, 3.63) is 30.2 Å². The number of nitrogens with one attached hydrogen (secondary N) is 1. The molecule has 3 heteroatoms. The van der Waals surface area contributed by atoms with E-state index in [-0.39, 0.29) is 0 Å². The van der Waals surface area contributed by atoms with Crippen LogP contribution in [0.4, 0.5) is 0 Å². The van der Waals surface area contributed by atoms with Gasteiger partial charge in [0.15, 0.2) is 0 Å². The third kappa shape index (κ3) is 3.83. The van der Waals surface area contributed by atoms with Crippen LogP contribution in [0.3, 0.4) is 0 Å². The highest BCUT2D eigenvalue weighted by Crippen LogP contribution is 2.05. The normalized spacial score (nSPS) is 17.5. The molecule has 1 aromatic rings. The SMILES string of the molecule is C(=C\c1ccco1)/CNCCN1CCCC1. The van der Waals surface area contributed by atoms with Crippen LogP contribution in [0, 0.1) is 0 Å². The molecule has 3 nitrogen and oxygen atoms in total. The van der Waals surface area contributed by atoms with E-state index in [0.717, 1.165) is 18.8 Å². The minimum Gasteiger partial charge on any atom is -0.465 e. The van der Waals surface area contributed by atoms with Crippen LogP contribution in [0.25, 0.3) is 6.08 Å². The van der Waals surface area contributed by atoms with Gasteiger partial charge in [0.1, 0.15) is 5.76 Å². The van der Waals surface area contributed by atoms with Gasteiger partial charge in [-0.25, -0.2) is 0 Å². The molecule has 0 saturated carbocycles. The molecular formula is C13H20N2O. The molecule has 0 aliphatic carbocycles. The Kier molecular flexibility index (Phi) is 4.65. The Morgan fingerprint density at radius 3 is 3.00 bits per heavy atom. The van der Waals surface area contributed by atoms with Crippen molar-refractivity contribution < 1.29 is 4.42 Å². The van der Waals surface area contributed by atoms with Crippen molar-refractivity contribution in [1.82, 2.24) is 10.2 Å².